The van der Waals surface area contributed by atoms with E-state index in [2.05, 4.69) is 24.5 Å². The quantitative estimate of drug-likeness (QED) is 0.753. The SMILES string of the molecule is CC(C)c1ccc(NC(=O)Nc2sc3c(c2C(N)=O)CCCC3)cc1. The Labute approximate surface area is 151 Å². The summed E-state index contributed by atoms with van der Waals surface area (Å²) in [4.78, 5) is 25.3. The number of aryl methyl sites for hydroxylation is 1. The van der Waals surface area contributed by atoms with Crippen molar-refractivity contribution in [2.45, 2.75) is 45.4 Å². The highest BCUT2D eigenvalue weighted by atomic mass is 32.1. The Balaban J connectivity index is 1.74. The molecule has 2 aromatic rings. The van der Waals surface area contributed by atoms with Gasteiger partial charge in [-0.05, 0) is 54.9 Å². The lowest BCUT2D eigenvalue weighted by atomic mass is 9.95. The van der Waals surface area contributed by atoms with Gasteiger partial charge in [0.2, 0.25) is 0 Å². The number of thiophene rings is 1. The van der Waals surface area contributed by atoms with Crippen LogP contribution < -0.4 is 16.4 Å². The second kappa shape index (κ2) is 7.27. The van der Waals surface area contributed by atoms with Crippen molar-refractivity contribution in [2.24, 2.45) is 5.73 Å². The first-order valence-corrected chi connectivity index (χ1v) is 9.39. The third-order valence-corrected chi connectivity index (χ3v) is 5.69. The Morgan fingerprint density at radius 1 is 1.08 bits per heavy atom. The third-order valence-electron chi connectivity index (χ3n) is 4.48. The number of primary amides is 1. The number of rotatable bonds is 4. The first kappa shape index (κ1) is 17.5. The number of hydrogen-bond donors (Lipinski definition) is 3. The number of amides is 3. The topological polar surface area (TPSA) is 84.2 Å². The molecule has 0 aliphatic heterocycles. The standard InChI is InChI=1S/C19H23N3O2S/c1-11(2)12-7-9-13(10-8-12)21-19(24)22-18-16(17(20)23)14-5-3-4-6-15(14)25-18/h7-11H,3-6H2,1-2H3,(H2,20,23)(H2,21,22,24). The smallest absolute Gasteiger partial charge is 0.324 e. The number of carbonyl (C=O) groups excluding carboxylic acids is 2. The van der Waals surface area contributed by atoms with E-state index in [1.165, 1.54) is 16.9 Å². The molecule has 25 heavy (non-hydrogen) atoms. The highest BCUT2D eigenvalue weighted by Crippen LogP contribution is 2.37. The van der Waals surface area contributed by atoms with Gasteiger partial charge < -0.3 is 11.1 Å². The molecule has 0 radical (unpaired) electrons. The van der Waals surface area contributed by atoms with Crippen LogP contribution in [0.2, 0.25) is 0 Å². The number of benzene rings is 1. The van der Waals surface area contributed by atoms with E-state index >= 15 is 0 Å². The van der Waals surface area contributed by atoms with E-state index in [0.29, 0.717) is 22.2 Å². The Morgan fingerprint density at radius 3 is 2.40 bits per heavy atom. The minimum absolute atomic E-state index is 0.363. The second-order valence-corrected chi connectivity index (χ2v) is 7.74. The first-order valence-electron chi connectivity index (χ1n) is 8.58. The summed E-state index contributed by atoms with van der Waals surface area (Å²) in [6.45, 7) is 4.25. The Bertz CT molecular complexity index is 794. The van der Waals surface area contributed by atoms with Gasteiger partial charge in [-0.1, -0.05) is 26.0 Å². The molecule has 0 saturated heterocycles. The summed E-state index contributed by atoms with van der Waals surface area (Å²) < 4.78 is 0. The number of anilines is 2. The van der Waals surface area contributed by atoms with Gasteiger partial charge in [0, 0.05) is 10.6 Å². The van der Waals surface area contributed by atoms with Gasteiger partial charge in [-0.15, -0.1) is 11.3 Å². The fourth-order valence-corrected chi connectivity index (χ4v) is 4.42. The number of carbonyl (C=O) groups is 2. The molecule has 5 nitrogen and oxygen atoms in total. The van der Waals surface area contributed by atoms with Crippen LogP contribution in [0.4, 0.5) is 15.5 Å². The van der Waals surface area contributed by atoms with E-state index in [-0.39, 0.29) is 6.03 Å². The largest absolute Gasteiger partial charge is 0.365 e. The van der Waals surface area contributed by atoms with Crippen LogP contribution in [-0.4, -0.2) is 11.9 Å². The zero-order valence-corrected chi connectivity index (χ0v) is 15.3. The van der Waals surface area contributed by atoms with Crippen LogP contribution in [0.1, 0.15) is 59.0 Å². The number of nitrogens with two attached hydrogens (primary N) is 1. The number of urea groups is 1. The van der Waals surface area contributed by atoms with Crippen LogP contribution >= 0.6 is 11.3 Å². The third kappa shape index (κ3) is 3.85. The highest BCUT2D eigenvalue weighted by Gasteiger charge is 2.24. The summed E-state index contributed by atoms with van der Waals surface area (Å²) in [5.41, 5.74) is 8.97. The van der Waals surface area contributed by atoms with Crippen LogP contribution in [0.25, 0.3) is 0 Å². The molecular formula is C19H23N3O2S. The van der Waals surface area contributed by atoms with Gasteiger partial charge >= 0.3 is 6.03 Å². The van der Waals surface area contributed by atoms with Crippen molar-refractivity contribution in [3.8, 4) is 0 Å². The van der Waals surface area contributed by atoms with Gasteiger partial charge in [-0.2, -0.15) is 0 Å². The Kier molecular flexibility index (Phi) is 5.08. The van der Waals surface area contributed by atoms with Gasteiger partial charge in [-0.25, -0.2) is 4.79 Å². The molecule has 0 unspecified atom stereocenters. The molecule has 132 valence electrons. The van der Waals surface area contributed by atoms with E-state index in [4.69, 9.17) is 5.73 Å². The summed E-state index contributed by atoms with van der Waals surface area (Å²) in [6, 6.07) is 7.39. The molecule has 3 rings (SSSR count). The average molecular weight is 357 g/mol. The molecule has 4 N–H and O–H groups in total. The molecule has 1 aromatic heterocycles. The van der Waals surface area contributed by atoms with Crippen molar-refractivity contribution in [1.29, 1.82) is 0 Å². The van der Waals surface area contributed by atoms with Crippen LogP contribution in [0, 0.1) is 0 Å². The number of hydrogen-bond acceptors (Lipinski definition) is 3. The molecule has 6 heteroatoms. The zero-order chi connectivity index (χ0) is 18.0. The lowest BCUT2D eigenvalue weighted by Crippen LogP contribution is -2.22. The molecule has 1 heterocycles. The van der Waals surface area contributed by atoms with Crippen LogP contribution in [0.5, 0.6) is 0 Å². The van der Waals surface area contributed by atoms with Gasteiger partial charge in [0.25, 0.3) is 5.91 Å². The van der Waals surface area contributed by atoms with Crippen LogP contribution in [-0.2, 0) is 12.8 Å². The summed E-state index contributed by atoms with van der Waals surface area (Å²) in [6.07, 6.45) is 3.96. The van der Waals surface area contributed by atoms with Crippen molar-refractivity contribution < 1.29 is 9.59 Å². The fraction of sp³-hybridized carbons (Fsp3) is 0.368. The molecule has 3 amide bonds. The van der Waals surface area contributed by atoms with Gasteiger partial charge in [0.15, 0.2) is 0 Å². The minimum Gasteiger partial charge on any atom is -0.365 e. The van der Waals surface area contributed by atoms with E-state index in [1.54, 1.807) is 0 Å². The lowest BCUT2D eigenvalue weighted by molar-refractivity contribution is 0.100. The molecule has 0 spiro atoms. The van der Waals surface area contributed by atoms with E-state index in [0.717, 1.165) is 36.1 Å². The Hall–Kier alpha value is -2.34. The predicted octanol–water partition coefficient (Wildman–Crippen LogP) is 4.49. The summed E-state index contributed by atoms with van der Waals surface area (Å²) in [7, 11) is 0. The van der Waals surface area contributed by atoms with E-state index in [1.807, 2.05) is 24.3 Å². The number of fused-ring (bicyclic) bond motifs is 1. The summed E-state index contributed by atoms with van der Waals surface area (Å²) >= 11 is 1.46. The number of nitrogens with one attached hydrogen (secondary N) is 2. The first-order chi connectivity index (χ1) is 12.0. The molecule has 0 fully saturated rings. The monoisotopic (exact) mass is 357 g/mol. The molecule has 1 aliphatic carbocycles. The summed E-state index contributed by atoms with van der Waals surface area (Å²) in [5, 5.41) is 6.16. The van der Waals surface area contributed by atoms with E-state index < -0.39 is 5.91 Å². The van der Waals surface area contributed by atoms with Gasteiger partial charge in [0.1, 0.15) is 5.00 Å². The molecular weight excluding hydrogens is 334 g/mol. The van der Waals surface area contributed by atoms with Gasteiger partial charge in [0.05, 0.1) is 5.56 Å². The van der Waals surface area contributed by atoms with E-state index in [9.17, 15) is 9.59 Å². The van der Waals surface area contributed by atoms with Crippen molar-refractivity contribution in [3.05, 3.63) is 45.8 Å². The lowest BCUT2D eigenvalue weighted by Gasteiger charge is -2.11. The molecule has 0 bridgehead atoms. The summed E-state index contributed by atoms with van der Waals surface area (Å²) in [5.74, 6) is -0.0329. The second-order valence-electron chi connectivity index (χ2n) is 6.64. The molecule has 0 atom stereocenters. The van der Waals surface area contributed by atoms with Crippen LogP contribution in [0.15, 0.2) is 24.3 Å². The van der Waals surface area contributed by atoms with Crippen molar-refractivity contribution in [2.75, 3.05) is 10.6 Å². The van der Waals surface area contributed by atoms with Crippen molar-refractivity contribution in [1.82, 2.24) is 0 Å². The maximum absolute atomic E-state index is 12.3. The van der Waals surface area contributed by atoms with Crippen molar-refractivity contribution in [3.63, 3.8) is 0 Å². The zero-order valence-electron chi connectivity index (χ0n) is 14.5. The molecule has 1 aliphatic rings. The van der Waals surface area contributed by atoms with Gasteiger partial charge in [-0.3, -0.25) is 10.1 Å². The Morgan fingerprint density at radius 2 is 1.76 bits per heavy atom. The average Bonchev–Trinajstić information content (AvgIpc) is 2.92. The molecule has 0 saturated carbocycles. The van der Waals surface area contributed by atoms with Crippen molar-refractivity contribution >= 4 is 34.0 Å². The normalized spacial score (nSPS) is 13.4. The predicted molar refractivity (Wildman–Crippen MR) is 103 cm³/mol. The maximum Gasteiger partial charge on any atom is 0.324 e. The fourth-order valence-electron chi connectivity index (χ4n) is 3.13. The maximum atomic E-state index is 12.3. The molecule has 1 aromatic carbocycles. The minimum atomic E-state index is -0.476. The highest BCUT2D eigenvalue weighted by molar-refractivity contribution is 7.17. The van der Waals surface area contributed by atoms with Crippen LogP contribution in [0.3, 0.4) is 0 Å².